The monoisotopic (exact) mass is 366 g/mol. The molecule has 9 nitrogen and oxygen atoms in total. The maximum absolute atomic E-state index is 5.86. The highest BCUT2D eigenvalue weighted by Gasteiger charge is 2.14. The highest BCUT2D eigenvalue weighted by atomic mass is 16.5. The summed E-state index contributed by atoms with van der Waals surface area (Å²) in [5.74, 6) is 6.28. The summed E-state index contributed by atoms with van der Waals surface area (Å²) >= 11 is 0. The molecule has 140 valence electrons. The highest BCUT2D eigenvalue weighted by molar-refractivity contribution is 6.40. The van der Waals surface area contributed by atoms with E-state index in [2.05, 4.69) is 39.0 Å². The summed E-state index contributed by atoms with van der Waals surface area (Å²) in [7, 11) is 1.57. The highest BCUT2D eigenvalue weighted by Crippen LogP contribution is 2.26. The number of rotatable bonds is 6. The van der Waals surface area contributed by atoms with Crippen LogP contribution in [0.2, 0.25) is 0 Å². The van der Waals surface area contributed by atoms with Gasteiger partial charge in [0.2, 0.25) is 5.95 Å². The molecule has 0 atom stereocenters. The minimum atomic E-state index is 0.104. The molecule has 0 spiro atoms. The molecular weight excluding hydrogens is 344 g/mol. The quantitative estimate of drug-likeness (QED) is 0.389. The van der Waals surface area contributed by atoms with Gasteiger partial charge < -0.3 is 16.3 Å². The summed E-state index contributed by atoms with van der Waals surface area (Å²) in [6.45, 7) is 4.54. The Labute approximate surface area is 156 Å². The smallest absolute Gasteiger partial charge is 0.221 e. The molecule has 27 heavy (non-hydrogen) atoms. The van der Waals surface area contributed by atoms with Crippen molar-refractivity contribution in [2.75, 3.05) is 12.8 Å². The predicted molar refractivity (Wildman–Crippen MR) is 106 cm³/mol. The van der Waals surface area contributed by atoms with Gasteiger partial charge in [0, 0.05) is 17.6 Å². The molecule has 0 aliphatic heterocycles. The summed E-state index contributed by atoms with van der Waals surface area (Å²) in [5.41, 5.74) is 8.19. The van der Waals surface area contributed by atoms with E-state index in [9.17, 15) is 0 Å². The topological polar surface area (TPSA) is 130 Å². The maximum atomic E-state index is 5.86. The molecule has 3 rings (SSSR count). The third-order valence-corrected chi connectivity index (χ3v) is 3.97. The first kappa shape index (κ1) is 18.3. The summed E-state index contributed by atoms with van der Waals surface area (Å²) in [4.78, 5) is 12.9. The Morgan fingerprint density at radius 2 is 2.11 bits per heavy atom. The fourth-order valence-corrected chi connectivity index (χ4v) is 2.63. The summed E-state index contributed by atoms with van der Waals surface area (Å²) in [6, 6.07) is 7.73. The maximum Gasteiger partial charge on any atom is 0.221 e. The van der Waals surface area contributed by atoms with Crippen molar-refractivity contribution in [2.45, 2.75) is 26.4 Å². The fourth-order valence-electron chi connectivity index (χ4n) is 2.63. The molecule has 9 heteroatoms. The van der Waals surface area contributed by atoms with Crippen LogP contribution in [-0.2, 0) is 6.54 Å². The van der Waals surface area contributed by atoms with Crippen LogP contribution in [-0.4, -0.2) is 38.8 Å². The van der Waals surface area contributed by atoms with Crippen LogP contribution in [0, 0.1) is 0 Å². The molecule has 0 saturated heterocycles. The predicted octanol–water partition coefficient (Wildman–Crippen LogP) is 1.93. The van der Waals surface area contributed by atoms with E-state index in [1.165, 1.54) is 0 Å². The molecule has 2 heterocycles. The number of hydrogen-bond donors (Lipinski definition) is 2. The largest absolute Gasteiger partial charge is 0.494 e. The molecular formula is C18H22N8O. The lowest BCUT2D eigenvalue weighted by Gasteiger charge is -2.09. The van der Waals surface area contributed by atoms with Crippen molar-refractivity contribution in [1.29, 1.82) is 0 Å². The van der Waals surface area contributed by atoms with Crippen LogP contribution >= 0.6 is 0 Å². The zero-order valence-corrected chi connectivity index (χ0v) is 15.5. The third kappa shape index (κ3) is 3.86. The van der Waals surface area contributed by atoms with Crippen LogP contribution in [0.5, 0.6) is 5.75 Å². The summed E-state index contributed by atoms with van der Waals surface area (Å²) in [6.07, 6.45) is 3.49. The number of fused-ring (bicyclic) bond motifs is 1. The van der Waals surface area contributed by atoms with Crippen molar-refractivity contribution in [3.63, 3.8) is 0 Å². The molecule has 4 N–H and O–H groups in total. The van der Waals surface area contributed by atoms with Gasteiger partial charge in [-0.2, -0.15) is 10.2 Å². The average molecular weight is 366 g/mol. The Bertz CT molecular complexity index is 1010. The molecule has 0 saturated carbocycles. The van der Waals surface area contributed by atoms with Gasteiger partial charge in [-0.15, -0.1) is 0 Å². The lowest BCUT2D eigenvalue weighted by molar-refractivity contribution is 0.419. The van der Waals surface area contributed by atoms with E-state index in [0.29, 0.717) is 35.3 Å². The number of aliphatic imine (C=N–C) groups is 1. The molecule has 0 aliphatic carbocycles. The second-order valence-electron chi connectivity index (χ2n) is 6.15. The van der Waals surface area contributed by atoms with Crippen LogP contribution in [0.4, 0.5) is 5.95 Å². The van der Waals surface area contributed by atoms with Gasteiger partial charge in [0.15, 0.2) is 0 Å². The zero-order valence-electron chi connectivity index (χ0n) is 15.5. The Hall–Kier alpha value is -3.49. The first-order valence-corrected chi connectivity index (χ1v) is 8.45. The number of methoxy groups -OCH3 is 1. The fraction of sp³-hybridized carbons (Fsp3) is 0.278. The lowest BCUT2D eigenvalue weighted by atomic mass is 10.1. The zero-order chi connectivity index (χ0) is 19.4. The summed E-state index contributed by atoms with van der Waals surface area (Å²) in [5, 5.41) is 9.01. The number of ether oxygens (including phenoxy) is 1. The number of anilines is 1. The average Bonchev–Trinajstić information content (AvgIpc) is 3.13. The van der Waals surface area contributed by atoms with E-state index < -0.39 is 0 Å². The van der Waals surface area contributed by atoms with Crippen LogP contribution in [0.1, 0.15) is 31.3 Å². The van der Waals surface area contributed by atoms with Crippen LogP contribution in [0.3, 0.4) is 0 Å². The second-order valence-corrected chi connectivity index (χ2v) is 6.15. The van der Waals surface area contributed by atoms with E-state index >= 15 is 0 Å². The van der Waals surface area contributed by atoms with E-state index in [-0.39, 0.29) is 5.95 Å². The molecule has 0 fully saturated rings. The van der Waals surface area contributed by atoms with Gasteiger partial charge in [-0.3, -0.25) is 9.67 Å². The second kappa shape index (κ2) is 7.81. The number of benzene rings is 1. The molecule has 0 amide bonds. The van der Waals surface area contributed by atoms with Gasteiger partial charge in [0.25, 0.3) is 0 Å². The van der Waals surface area contributed by atoms with E-state index in [0.717, 1.165) is 11.1 Å². The van der Waals surface area contributed by atoms with E-state index in [1.807, 2.05) is 29.1 Å². The summed E-state index contributed by atoms with van der Waals surface area (Å²) < 4.78 is 7.23. The third-order valence-electron chi connectivity index (χ3n) is 3.97. The van der Waals surface area contributed by atoms with Crippen molar-refractivity contribution >= 4 is 28.8 Å². The number of para-hydroxylation sites is 1. The molecule has 0 bridgehead atoms. The van der Waals surface area contributed by atoms with Crippen molar-refractivity contribution in [3.05, 3.63) is 41.9 Å². The molecule has 0 radical (unpaired) electrons. The van der Waals surface area contributed by atoms with Crippen LogP contribution in [0.25, 0.3) is 10.9 Å². The molecule has 3 aromatic rings. The Morgan fingerprint density at radius 1 is 1.30 bits per heavy atom. The minimum absolute atomic E-state index is 0.104. The SMILES string of the molecule is COc1cccc2c(C(C=NCc3ccn(C(C)C)n3)=NN)nc(N)nc12. The van der Waals surface area contributed by atoms with Crippen molar-refractivity contribution in [1.82, 2.24) is 19.7 Å². The van der Waals surface area contributed by atoms with Crippen LogP contribution in [0.15, 0.2) is 40.6 Å². The first-order valence-electron chi connectivity index (χ1n) is 8.45. The molecule has 1 aromatic carbocycles. The van der Waals surface area contributed by atoms with Crippen molar-refractivity contribution in [2.24, 2.45) is 15.9 Å². The van der Waals surface area contributed by atoms with Crippen molar-refractivity contribution in [3.8, 4) is 5.75 Å². The number of hydrazone groups is 1. The Balaban J connectivity index is 1.91. The lowest BCUT2D eigenvalue weighted by Crippen LogP contribution is -2.12. The molecule has 0 unspecified atom stereocenters. The number of hydrogen-bond acceptors (Lipinski definition) is 8. The van der Waals surface area contributed by atoms with E-state index in [4.69, 9.17) is 16.3 Å². The number of nitrogens with two attached hydrogens (primary N) is 2. The standard InChI is InChI=1S/C18H22N8O/c1-11(2)26-8-7-12(25-26)9-21-10-14(24-20)16-13-5-4-6-15(27-3)17(13)23-18(19)22-16/h4-8,10-11H,9,20H2,1-3H3,(H2,19,22,23). The van der Waals surface area contributed by atoms with E-state index in [1.54, 1.807) is 19.4 Å². The van der Waals surface area contributed by atoms with Crippen molar-refractivity contribution < 1.29 is 4.74 Å². The normalized spacial score (nSPS) is 12.4. The van der Waals surface area contributed by atoms with Gasteiger partial charge >= 0.3 is 0 Å². The minimum Gasteiger partial charge on any atom is -0.494 e. The van der Waals surface area contributed by atoms with Gasteiger partial charge in [0.05, 0.1) is 25.6 Å². The number of aromatic nitrogens is 4. The first-order chi connectivity index (χ1) is 13.0. The van der Waals surface area contributed by atoms with Crippen LogP contribution < -0.4 is 16.3 Å². The molecule has 2 aromatic heterocycles. The van der Waals surface area contributed by atoms with Gasteiger partial charge in [-0.1, -0.05) is 12.1 Å². The van der Waals surface area contributed by atoms with Gasteiger partial charge in [0.1, 0.15) is 22.7 Å². The van der Waals surface area contributed by atoms with Gasteiger partial charge in [-0.25, -0.2) is 9.97 Å². The van der Waals surface area contributed by atoms with Gasteiger partial charge in [-0.05, 0) is 26.0 Å². The Kier molecular flexibility index (Phi) is 5.30. The Morgan fingerprint density at radius 3 is 2.78 bits per heavy atom. The number of nitrogens with zero attached hydrogens (tertiary/aromatic N) is 6. The molecule has 0 aliphatic rings. The number of nitrogen functional groups attached to an aromatic ring is 1.